The summed E-state index contributed by atoms with van der Waals surface area (Å²) in [6.45, 7) is 6.00. The molecule has 1 aliphatic carbocycles. The van der Waals surface area contributed by atoms with Gasteiger partial charge in [0.05, 0.1) is 11.1 Å². The fourth-order valence-corrected chi connectivity index (χ4v) is 3.70. The average Bonchev–Trinajstić information content (AvgIpc) is 3.07. The third-order valence-electron chi connectivity index (χ3n) is 5.03. The molecule has 120 valence electrons. The summed E-state index contributed by atoms with van der Waals surface area (Å²) in [6, 6.07) is 4.90. The lowest BCUT2D eigenvalue weighted by Gasteiger charge is -2.18. The molecule has 23 heavy (non-hydrogen) atoms. The molecule has 5 nitrogen and oxygen atoms in total. The van der Waals surface area contributed by atoms with E-state index in [0.29, 0.717) is 35.1 Å². The first-order chi connectivity index (χ1) is 11.0. The van der Waals surface area contributed by atoms with Gasteiger partial charge < -0.3 is 4.90 Å². The Bertz CT molecular complexity index is 715. The quantitative estimate of drug-likeness (QED) is 0.803. The van der Waals surface area contributed by atoms with Gasteiger partial charge in [0, 0.05) is 25.2 Å². The molecule has 2 atom stereocenters. The number of benzene rings is 1. The minimum absolute atomic E-state index is 0.0254. The van der Waals surface area contributed by atoms with E-state index < -0.39 is 0 Å². The monoisotopic (exact) mass is 312 g/mol. The van der Waals surface area contributed by atoms with Crippen molar-refractivity contribution >= 4 is 17.7 Å². The Hall–Kier alpha value is -2.17. The summed E-state index contributed by atoms with van der Waals surface area (Å²) in [6.07, 6.45) is 1.24. The highest BCUT2D eigenvalue weighted by Crippen LogP contribution is 2.45. The van der Waals surface area contributed by atoms with E-state index in [0.717, 1.165) is 13.1 Å². The number of carbonyl (C=O) groups excluding carboxylic acids is 3. The topological polar surface area (TPSA) is 57.7 Å². The van der Waals surface area contributed by atoms with Gasteiger partial charge >= 0.3 is 0 Å². The number of imide groups is 1. The average molecular weight is 312 g/mol. The van der Waals surface area contributed by atoms with Crippen molar-refractivity contribution < 1.29 is 14.4 Å². The maximum atomic E-state index is 12.6. The van der Waals surface area contributed by atoms with Gasteiger partial charge in [0.15, 0.2) is 0 Å². The summed E-state index contributed by atoms with van der Waals surface area (Å²) in [5, 5.41) is 0. The highest BCUT2D eigenvalue weighted by atomic mass is 16.2. The van der Waals surface area contributed by atoms with Crippen LogP contribution in [0.4, 0.5) is 0 Å². The molecule has 2 unspecified atom stereocenters. The summed E-state index contributed by atoms with van der Waals surface area (Å²) < 4.78 is 0. The third-order valence-corrected chi connectivity index (χ3v) is 5.03. The van der Waals surface area contributed by atoms with Gasteiger partial charge in [-0.25, -0.2) is 0 Å². The SMILES string of the molecule is CC(C)CN1C(=O)c2ccc(C(=O)N3CC4CC4C3)cc2C1=O. The molecule has 3 aliphatic rings. The Kier molecular flexibility index (Phi) is 3.08. The van der Waals surface area contributed by atoms with Gasteiger partial charge in [0.1, 0.15) is 0 Å². The van der Waals surface area contributed by atoms with E-state index in [1.54, 1.807) is 18.2 Å². The minimum Gasteiger partial charge on any atom is -0.338 e. The molecule has 3 amide bonds. The van der Waals surface area contributed by atoms with Crippen LogP contribution in [-0.4, -0.2) is 47.2 Å². The Morgan fingerprint density at radius 2 is 1.78 bits per heavy atom. The molecule has 1 aromatic rings. The van der Waals surface area contributed by atoms with Crippen LogP contribution in [0.15, 0.2) is 18.2 Å². The van der Waals surface area contributed by atoms with Crippen LogP contribution < -0.4 is 0 Å². The zero-order valence-electron chi connectivity index (χ0n) is 13.4. The van der Waals surface area contributed by atoms with E-state index in [9.17, 15) is 14.4 Å². The Morgan fingerprint density at radius 3 is 2.43 bits per heavy atom. The van der Waals surface area contributed by atoms with Crippen molar-refractivity contribution in [3.63, 3.8) is 0 Å². The second-order valence-corrected chi connectivity index (χ2v) is 7.34. The first kappa shape index (κ1) is 14.4. The number of rotatable bonds is 3. The molecular weight excluding hydrogens is 292 g/mol. The van der Waals surface area contributed by atoms with Gasteiger partial charge in [0.25, 0.3) is 17.7 Å². The van der Waals surface area contributed by atoms with Gasteiger partial charge in [-0.15, -0.1) is 0 Å². The fourth-order valence-electron chi connectivity index (χ4n) is 3.70. The molecule has 1 saturated carbocycles. The second kappa shape index (κ2) is 4.91. The molecular formula is C18H20N2O3. The van der Waals surface area contributed by atoms with Gasteiger partial charge in [-0.1, -0.05) is 13.8 Å². The molecule has 1 saturated heterocycles. The van der Waals surface area contributed by atoms with E-state index in [2.05, 4.69) is 0 Å². The number of likely N-dealkylation sites (tertiary alicyclic amines) is 1. The van der Waals surface area contributed by atoms with Crippen molar-refractivity contribution in [3.8, 4) is 0 Å². The Labute approximate surface area is 135 Å². The molecule has 1 aromatic carbocycles. The predicted molar refractivity (Wildman–Crippen MR) is 84.1 cm³/mol. The van der Waals surface area contributed by atoms with E-state index in [4.69, 9.17) is 0 Å². The molecule has 5 heteroatoms. The second-order valence-electron chi connectivity index (χ2n) is 7.34. The lowest BCUT2D eigenvalue weighted by Crippen LogP contribution is -2.33. The number of amides is 3. The van der Waals surface area contributed by atoms with Crippen LogP contribution in [0.25, 0.3) is 0 Å². The summed E-state index contributed by atoms with van der Waals surface area (Å²) in [5.41, 5.74) is 1.29. The number of nitrogens with zero attached hydrogens (tertiary/aromatic N) is 2. The van der Waals surface area contributed by atoms with E-state index in [-0.39, 0.29) is 23.6 Å². The highest BCUT2D eigenvalue weighted by molar-refractivity contribution is 6.22. The Balaban J connectivity index is 1.60. The van der Waals surface area contributed by atoms with Crippen LogP contribution in [0.1, 0.15) is 51.3 Å². The van der Waals surface area contributed by atoms with E-state index in [1.165, 1.54) is 11.3 Å². The molecule has 0 N–H and O–H groups in total. The van der Waals surface area contributed by atoms with Crippen molar-refractivity contribution in [3.05, 3.63) is 34.9 Å². The maximum Gasteiger partial charge on any atom is 0.261 e. The number of hydrogen-bond acceptors (Lipinski definition) is 3. The highest BCUT2D eigenvalue weighted by Gasteiger charge is 2.46. The molecule has 0 bridgehead atoms. The normalized spacial score (nSPS) is 25.2. The van der Waals surface area contributed by atoms with Gasteiger partial charge in [-0.3, -0.25) is 19.3 Å². The number of fused-ring (bicyclic) bond motifs is 2. The predicted octanol–water partition coefficient (Wildman–Crippen LogP) is 2.03. The molecule has 0 aromatic heterocycles. The molecule has 2 heterocycles. The first-order valence-corrected chi connectivity index (χ1v) is 8.25. The molecule has 0 radical (unpaired) electrons. The lowest BCUT2D eigenvalue weighted by atomic mass is 10.0. The fraction of sp³-hybridized carbons (Fsp3) is 0.500. The molecule has 2 fully saturated rings. The van der Waals surface area contributed by atoms with Crippen molar-refractivity contribution in [1.82, 2.24) is 9.80 Å². The van der Waals surface area contributed by atoms with E-state index in [1.807, 2.05) is 18.7 Å². The lowest BCUT2D eigenvalue weighted by molar-refractivity contribution is 0.0636. The summed E-state index contributed by atoms with van der Waals surface area (Å²) in [7, 11) is 0. The largest absolute Gasteiger partial charge is 0.338 e. The van der Waals surface area contributed by atoms with Crippen LogP contribution in [0.3, 0.4) is 0 Å². The number of piperidine rings is 1. The van der Waals surface area contributed by atoms with Crippen LogP contribution in [-0.2, 0) is 0 Å². The van der Waals surface area contributed by atoms with Crippen molar-refractivity contribution in [1.29, 1.82) is 0 Å². The zero-order valence-corrected chi connectivity index (χ0v) is 13.4. The van der Waals surface area contributed by atoms with Crippen LogP contribution in [0, 0.1) is 17.8 Å². The van der Waals surface area contributed by atoms with Crippen molar-refractivity contribution in [2.45, 2.75) is 20.3 Å². The Morgan fingerprint density at radius 1 is 1.13 bits per heavy atom. The van der Waals surface area contributed by atoms with Gasteiger partial charge in [0.2, 0.25) is 0 Å². The number of carbonyl (C=O) groups is 3. The summed E-state index contributed by atoms with van der Waals surface area (Å²) >= 11 is 0. The number of hydrogen-bond donors (Lipinski definition) is 0. The van der Waals surface area contributed by atoms with Crippen molar-refractivity contribution in [2.24, 2.45) is 17.8 Å². The first-order valence-electron chi connectivity index (χ1n) is 8.25. The molecule has 4 rings (SSSR count). The zero-order chi connectivity index (χ0) is 16.3. The molecule has 2 aliphatic heterocycles. The standard InChI is InChI=1S/C18H20N2O3/c1-10(2)7-20-17(22)14-4-3-11(6-15(14)18(20)23)16(21)19-8-12-5-13(12)9-19/h3-4,6,10,12-13H,5,7-9H2,1-2H3. The third kappa shape index (κ3) is 2.26. The van der Waals surface area contributed by atoms with Crippen LogP contribution in [0.2, 0.25) is 0 Å². The van der Waals surface area contributed by atoms with Gasteiger partial charge in [-0.2, -0.15) is 0 Å². The summed E-state index contributed by atoms with van der Waals surface area (Å²) in [4.78, 5) is 40.5. The molecule has 0 spiro atoms. The minimum atomic E-state index is -0.280. The summed E-state index contributed by atoms with van der Waals surface area (Å²) in [5.74, 6) is 1.02. The van der Waals surface area contributed by atoms with Crippen LogP contribution in [0.5, 0.6) is 0 Å². The van der Waals surface area contributed by atoms with Crippen molar-refractivity contribution in [2.75, 3.05) is 19.6 Å². The van der Waals surface area contributed by atoms with E-state index >= 15 is 0 Å². The van der Waals surface area contributed by atoms with Gasteiger partial charge in [-0.05, 0) is 42.4 Å². The maximum absolute atomic E-state index is 12.6. The smallest absolute Gasteiger partial charge is 0.261 e. The van der Waals surface area contributed by atoms with Crippen LogP contribution >= 0.6 is 0 Å².